The van der Waals surface area contributed by atoms with E-state index in [-0.39, 0.29) is 22.8 Å². The standard InChI is InChI=1S/C20H20F2O6/c1-4-26-15-8-5-13(6-9-15)18(23)12(2)27-19(24)14-7-10-16(28-20(21)22)17(11-14)25-3/h5-12,20H,4H2,1-3H3/t12-/m0/s1. The Kier molecular flexibility index (Phi) is 7.31. The van der Waals surface area contributed by atoms with Gasteiger partial charge in [0.05, 0.1) is 19.3 Å². The van der Waals surface area contributed by atoms with Gasteiger partial charge in [0.1, 0.15) is 5.75 Å². The zero-order valence-corrected chi connectivity index (χ0v) is 15.6. The van der Waals surface area contributed by atoms with Gasteiger partial charge < -0.3 is 18.9 Å². The zero-order chi connectivity index (χ0) is 20.7. The summed E-state index contributed by atoms with van der Waals surface area (Å²) < 4.78 is 44.5. The van der Waals surface area contributed by atoms with Crippen LogP contribution in [0.15, 0.2) is 42.5 Å². The number of halogens is 2. The summed E-state index contributed by atoms with van der Waals surface area (Å²) in [7, 11) is 1.25. The van der Waals surface area contributed by atoms with Gasteiger partial charge in [0.25, 0.3) is 0 Å². The minimum Gasteiger partial charge on any atom is -0.494 e. The Balaban J connectivity index is 2.07. The Morgan fingerprint density at radius 3 is 2.21 bits per heavy atom. The van der Waals surface area contributed by atoms with Crippen LogP contribution < -0.4 is 14.2 Å². The molecule has 2 aromatic rings. The number of methoxy groups -OCH3 is 1. The Morgan fingerprint density at radius 2 is 1.64 bits per heavy atom. The molecule has 0 radical (unpaired) electrons. The van der Waals surface area contributed by atoms with Gasteiger partial charge in [-0.25, -0.2) is 4.79 Å². The van der Waals surface area contributed by atoms with E-state index >= 15 is 0 Å². The van der Waals surface area contributed by atoms with Crippen LogP contribution in [0.25, 0.3) is 0 Å². The number of carbonyl (C=O) groups excluding carboxylic acids is 2. The lowest BCUT2D eigenvalue weighted by atomic mass is 10.1. The molecule has 0 heterocycles. The number of esters is 1. The third kappa shape index (κ3) is 5.42. The fraction of sp³-hybridized carbons (Fsp3) is 0.300. The molecule has 0 saturated carbocycles. The molecule has 2 rings (SSSR count). The first-order chi connectivity index (χ1) is 13.3. The maximum atomic E-state index is 12.4. The first kappa shape index (κ1) is 21.1. The molecule has 0 bridgehead atoms. The average molecular weight is 394 g/mol. The normalized spacial score (nSPS) is 11.6. The molecule has 6 nitrogen and oxygen atoms in total. The predicted octanol–water partition coefficient (Wildman–Crippen LogP) is 4.12. The molecule has 1 atom stereocenters. The number of alkyl halides is 2. The van der Waals surface area contributed by atoms with Crippen LogP contribution in [-0.2, 0) is 4.74 Å². The van der Waals surface area contributed by atoms with E-state index < -0.39 is 18.7 Å². The summed E-state index contributed by atoms with van der Waals surface area (Å²) in [5.41, 5.74) is 0.395. The van der Waals surface area contributed by atoms with Crippen LogP contribution in [0.4, 0.5) is 8.78 Å². The second kappa shape index (κ2) is 9.68. The molecule has 2 aromatic carbocycles. The topological polar surface area (TPSA) is 71.1 Å². The Hall–Kier alpha value is -3.16. The highest BCUT2D eigenvalue weighted by Crippen LogP contribution is 2.30. The number of hydrogen-bond donors (Lipinski definition) is 0. The Labute approximate surface area is 161 Å². The maximum Gasteiger partial charge on any atom is 0.387 e. The molecule has 0 saturated heterocycles. The fourth-order valence-corrected chi connectivity index (χ4v) is 2.39. The highest BCUT2D eigenvalue weighted by atomic mass is 19.3. The monoisotopic (exact) mass is 394 g/mol. The molecular weight excluding hydrogens is 374 g/mol. The number of hydrogen-bond acceptors (Lipinski definition) is 6. The zero-order valence-electron chi connectivity index (χ0n) is 15.6. The lowest BCUT2D eigenvalue weighted by Crippen LogP contribution is -2.24. The molecule has 0 amide bonds. The number of benzene rings is 2. The van der Waals surface area contributed by atoms with E-state index in [9.17, 15) is 18.4 Å². The molecule has 0 spiro atoms. The van der Waals surface area contributed by atoms with Gasteiger partial charge in [-0.05, 0) is 56.3 Å². The quantitative estimate of drug-likeness (QED) is 0.471. The van der Waals surface area contributed by atoms with Crippen molar-refractivity contribution in [3.8, 4) is 17.2 Å². The maximum absolute atomic E-state index is 12.4. The number of ether oxygens (including phenoxy) is 4. The second-order valence-electron chi connectivity index (χ2n) is 5.61. The van der Waals surface area contributed by atoms with Gasteiger partial charge in [-0.2, -0.15) is 8.78 Å². The van der Waals surface area contributed by atoms with Crippen molar-refractivity contribution in [1.29, 1.82) is 0 Å². The Morgan fingerprint density at radius 1 is 1.00 bits per heavy atom. The number of rotatable bonds is 9. The van der Waals surface area contributed by atoms with Gasteiger partial charge in [0, 0.05) is 5.56 Å². The molecular formula is C20H20F2O6. The summed E-state index contributed by atoms with van der Waals surface area (Å²) in [5, 5.41) is 0. The summed E-state index contributed by atoms with van der Waals surface area (Å²) in [6.45, 7) is 0.772. The summed E-state index contributed by atoms with van der Waals surface area (Å²) in [6, 6.07) is 10.1. The lowest BCUT2D eigenvalue weighted by Gasteiger charge is -2.14. The minimum absolute atomic E-state index is 0.0322. The highest BCUT2D eigenvalue weighted by Gasteiger charge is 2.22. The summed E-state index contributed by atoms with van der Waals surface area (Å²) in [5.74, 6) is -0.829. The van der Waals surface area contributed by atoms with Gasteiger partial charge in [-0.3, -0.25) is 4.79 Å². The third-order valence-electron chi connectivity index (χ3n) is 3.72. The van der Waals surface area contributed by atoms with Crippen molar-refractivity contribution in [2.24, 2.45) is 0 Å². The molecule has 0 aliphatic rings. The molecule has 0 unspecified atom stereocenters. The van der Waals surface area contributed by atoms with Crippen LogP contribution in [0.5, 0.6) is 17.2 Å². The smallest absolute Gasteiger partial charge is 0.387 e. The van der Waals surface area contributed by atoms with Crippen molar-refractivity contribution in [1.82, 2.24) is 0 Å². The van der Waals surface area contributed by atoms with E-state index in [1.165, 1.54) is 32.2 Å². The van der Waals surface area contributed by atoms with E-state index in [0.717, 1.165) is 0 Å². The second-order valence-corrected chi connectivity index (χ2v) is 5.61. The SMILES string of the molecule is CCOc1ccc(C(=O)[C@H](C)OC(=O)c2ccc(OC(F)F)c(OC)c2)cc1. The summed E-state index contributed by atoms with van der Waals surface area (Å²) >= 11 is 0. The van der Waals surface area contributed by atoms with Crippen molar-refractivity contribution >= 4 is 11.8 Å². The van der Waals surface area contributed by atoms with Crippen molar-refractivity contribution < 1.29 is 37.3 Å². The largest absolute Gasteiger partial charge is 0.494 e. The van der Waals surface area contributed by atoms with Crippen molar-refractivity contribution in [2.45, 2.75) is 26.6 Å². The van der Waals surface area contributed by atoms with E-state index in [0.29, 0.717) is 17.9 Å². The number of carbonyl (C=O) groups is 2. The van der Waals surface area contributed by atoms with Gasteiger partial charge in [0.2, 0.25) is 5.78 Å². The third-order valence-corrected chi connectivity index (χ3v) is 3.72. The summed E-state index contributed by atoms with van der Waals surface area (Å²) in [6.07, 6.45) is -1.05. The van der Waals surface area contributed by atoms with Crippen LogP contribution in [-0.4, -0.2) is 38.2 Å². The molecule has 150 valence electrons. The molecule has 0 aliphatic carbocycles. The first-order valence-corrected chi connectivity index (χ1v) is 8.46. The molecule has 0 aromatic heterocycles. The molecule has 0 N–H and O–H groups in total. The van der Waals surface area contributed by atoms with Crippen molar-refractivity contribution in [2.75, 3.05) is 13.7 Å². The Bertz CT molecular complexity index is 820. The van der Waals surface area contributed by atoms with E-state index in [2.05, 4.69) is 4.74 Å². The van der Waals surface area contributed by atoms with Gasteiger partial charge >= 0.3 is 12.6 Å². The van der Waals surface area contributed by atoms with E-state index in [4.69, 9.17) is 14.2 Å². The summed E-state index contributed by atoms with van der Waals surface area (Å²) in [4.78, 5) is 24.7. The van der Waals surface area contributed by atoms with Crippen LogP contribution in [0.2, 0.25) is 0 Å². The van der Waals surface area contributed by atoms with E-state index in [1.807, 2.05) is 6.92 Å². The van der Waals surface area contributed by atoms with E-state index in [1.54, 1.807) is 24.3 Å². The number of Topliss-reactive ketones (excluding diaryl/α,β-unsaturated/α-hetero) is 1. The molecule has 8 heteroatoms. The lowest BCUT2D eigenvalue weighted by molar-refractivity contribution is -0.0512. The number of ketones is 1. The van der Waals surface area contributed by atoms with Crippen LogP contribution >= 0.6 is 0 Å². The molecule has 0 aliphatic heterocycles. The average Bonchev–Trinajstić information content (AvgIpc) is 2.68. The van der Waals surface area contributed by atoms with Gasteiger partial charge in [-0.15, -0.1) is 0 Å². The van der Waals surface area contributed by atoms with Crippen LogP contribution in [0.3, 0.4) is 0 Å². The van der Waals surface area contributed by atoms with Gasteiger partial charge in [0.15, 0.2) is 17.6 Å². The van der Waals surface area contributed by atoms with Crippen molar-refractivity contribution in [3.05, 3.63) is 53.6 Å². The van der Waals surface area contributed by atoms with Crippen LogP contribution in [0, 0.1) is 0 Å². The molecule has 0 fully saturated rings. The van der Waals surface area contributed by atoms with Crippen molar-refractivity contribution in [3.63, 3.8) is 0 Å². The predicted molar refractivity (Wildman–Crippen MR) is 96.4 cm³/mol. The fourth-order valence-electron chi connectivity index (χ4n) is 2.39. The van der Waals surface area contributed by atoms with Crippen LogP contribution in [0.1, 0.15) is 34.6 Å². The molecule has 28 heavy (non-hydrogen) atoms. The minimum atomic E-state index is -3.03. The highest BCUT2D eigenvalue weighted by molar-refractivity contribution is 6.01. The van der Waals surface area contributed by atoms with Gasteiger partial charge in [-0.1, -0.05) is 0 Å². The first-order valence-electron chi connectivity index (χ1n) is 8.46.